The third-order valence-electron chi connectivity index (χ3n) is 6.52. The third-order valence-corrected chi connectivity index (χ3v) is 6.52. The summed E-state index contributed by atoms with van der Waals surface area (Å²) < 4.78 is 17.2. The Morgan fingerprint density at radius 2 is 2.04 bits per heavy atom. The first-order valence-electron chi connectivity index (χ1n) is 9.94. The number of amides is 1. The van der Waals surface area contributed by atoms with Gasteiger partial charge in [0.2, 0.25) is 6.10 Å². The van der Waals surface area contributed by atoms with Crippen molar-refractivity contribution in [1.82, 2.24) is 4.90 Å². The molecule has 3 aliphatic rings. The summed E-state index contributed by atoms with van der Waals surface area (Å²) >= 11 is 0. The number of hydrogen-bond donors (Lipinski definition) is 0. The Morgan fingerprint density at radius 1 is 1.21 bits per heavy atom. The second kappa shape index (κ2) is 6.43. The summed E-state index contributed by atoms with van der Waals surface area (Å²) in [7, 11) is 1.71. The van der Waals surface area contributed by atoms with Gasteiger partial charge in [0.25, 0.3) is 5.91 Å². The highest BCUT2D eigenvalue weighted by Gasteiger charge is 2.46. The molecule has 3 atom stereocenters. The van der Waals surface area contributed by atoms with Gasteiger partial charge < -0.3 is 19.1 Å². The molecule has 28 heavy (non-hydrogen) atoms. The van der Waals surface area contributed by atoms with Crippen molar-refractivity contribution in [3.8, 4) is 17.2 Å². The van der Waals surface area contributed by atoms with Gasteiger partial charge in [-0.15, -0.1) is 0 Å². The molecule has 1 fully saturated rings. The molecule has 5 heteroatoms. The molecule has 0 aromatic heterocycles. The van der Waals surface area contributed by atoms with Gasteiger partial charge in [-0.25, -0.2) is 0 Å². The molecule has 0 radical (unpaired) electrons. The number of likely N-dealkylation sites (tertiary alicyclic amines) is 1. The average molecular weight is 379 g/mol. The number of hydrogen-bond acceptors (Lipinski definition) is 4. The van der Waals surface area contributed by atoms with E-state index in [1.165, 1.54) is 11.1 Å². The Labute approximate surface area is 165 Å². The molecule has 0 spiro atoms. The topological polar surface area (TPSA) is 48.0 Å². The second-order valence-corrected chi connectivity index (χ2v) is 8.29. The van der Waals surface area contributed by atoms with E-state index in [0.29, 0.717) is 11.5 Å². The van der Waals surface area contributed by atoms with E-state index in [9.17, 15) is 4.79 Å². The Balaban J connectivity index is 1.38. The Bertz CT molecular complexity index is 927. The number of carbonyl (C=O) groups is 1. The molecule has 5 rings (SSSR count). The lowest BCUT2D eigenvalue weighted by atomic mass is 9.65. The second-order valence-electron chi connectivity index (χ2n) is 8.29. The minimum Gasteiger partial charge on any atom is -0.497 e. The smallest absolute Gasteiger partial charge is 0.267 e. The number of methoxy groups -OCH3 is 1. The van der Waals surface area contributed by atoms with E-state index >= 15 is 0 Å². The fourth-order valence-corrected chi connectivity index (χ4v) is 5.00. The lowest BCUT2D eigenvalue weighted by molar-refractivity contribution is -0.146. The first-order valence-corrected chi connectivity index (χ1v) is 9.94. The number of piperidine rings is 1. The van der Waals surface area contributed by atoms with Gasteiger partial charge in [0.15, 0.2) is 11.5 Å². The molecule has 2 heterocycles. The number of nitrogens with zero attached hydrogens (tertiary/aromatic N) is 1. The zero-order chi connectivity index (χ0) is 19.3. The van der Waals surface area contributed by atoms with E-state index in [2.05, 4.69) is 19.1 Å². The molecule has 1 saturated heterocycles. The van der Waals surface area contributed by atoms with Crippen molar-refractivity contribution in [2.24, 2.45) is 0 Å². The minimum atomic E-state index is -0.573. The van der Waals surface area contributed by atoms with E-state index in [1.54, 1.807) is 7.11 Å². The largest absolute Gasteiger partial charge is 0.497 e. The highest BCUT2D eigenvalue weighted by Crippen LogP contribution is 2.46. The van der Waals surface area contributed by atoms with Gasteiger partial charge in [-0.05, 0) is 60.1 Å². The maximum absolute atomic E-state index is 13.3. The first kappa shape index (κ1) is 17.4. The van der Waals surface area contributed by atoms with E-state index in [-0.39, 0.29) is 24.0 Å². The Hall–Kier alpha value is -2.69. The molecule has 0 unspecified atom stereocenters. The summed E-state index contributed by atoms with van der Waals surface area (Å²) in [5.74, 6) is 2.30. The summed E-state index contributed by atoms with van der Waals surface area (Å²) in [6, 6.07) is 14.1. The number of para-hydroxylation sites is 2. The molecular weight excluding hydrogens is 354 g/mol. The zero-order valence-electron chi connectivity index (χ0n) is 16.3. The fourth-order valence-electron chi connectivity index (χ4n) is 5.00. The predicted octanol–water partition coefficient (Wildman–Crippen LogP) is 3.34. The lowest BCUT2D eigenvalue weighted by Gasteiger charge is -2.50. The van der Waals surface area contributed by atoms with Crippen LogP contribution < -0.4 is 14.2 Å². The molecule has 0 N–H and O–H groups in total. The van der Waals surface area contributed by atoms with Crippen LogP contribution in [0.1, 0.15) is 30.9 Å². The van der Waals surface area contributed by atoms with Gasteiger partial charge in [0, 0.05) is 12.6 Å². The summed E-state index contributed by atoms with van der Waals surface area (Å²) in [4.78, 5) is 15.3. The van der Waals surface area contributed by atoms with Crippen LogP contribution in [-0.2, 0) is 16.6 Å². The van der Waals surface area contributed by atoms with Crippen LogP contribution in [-0.4, -0.2) is 43.2 Å². The van der Waals surface area contributed by atoms with Crippen LogP contribution in [0.15, 0.2) is 42.5 Å². The van der Waals surface area contributed by atoms with Crippen LogP contribution >= 0.6 is 0 Å². The fraction of sp³-hybridized carbons (Fsp3) is 0.435. The van der Waals surface area contributed by atoms with Crippen LogP contribution in [0.25, 0.3) is 0 Å². The molecule has 2 aliphatic heterocycles. The zero-order valence-corrected chi connectivity index (χ0v) is 16.3. The predicted molar refractivity (Wildman–Crippen MR) is 105 cm³/mol. The van der Waals surface area contributed by atoms with Gasteiger partial charge in [0.1, 0.15) is 12.4 Å². The Morgan fingerprint density at radius 3 is 2.86 bits per heavy atom. The van der Waals surface area contributed by atoms with Crippen molar-refractivity contribution in [3.63, 3.8) is 0 Å². The number of carbonyl (C=O) groups excluding carboxylic acids is 1. The quantitative estimate of drug-likeness (QED) is 0.803. The summed E-state index contributed by atoms with van der Waals surface area (Å²) in [6.07, 6.45) is 2.23. The van der Waals surface area contributed by atoms with E-state index in [4.69, 9.17) is 14.2 Å². The highest BCUT2D eigenvalue weighted by molar-refractivity contribution is 5.82. The first-order chi connectivity index (χ1) is 13.6. The van der Waals surface area contributed by atoms with Crippen molar-refractivity contribution in [1.29, 1.82) is 0 Å². The molecule has 2 aromatic rings. The van der Waals surface area contributed by atoms with Crippen molar-refractivity contribution in [2.45, 2.75) is 43.7 Å². The molecule has 2 bridgehead atoms. The SMILES string of the molecule is COc1ccc2c(c1)[C@]1(C)CCN(C(=O)[C@H]3COc4ccccc4O3)[C@H](C2)C1. The molecule has 1 aliphatic carbocycles. The monoisotopic (exact) mass is 379 g/mol. The van der Waals surface area contributed by atoms with Crippen LogP contribution in [0, 0.1) is 0 Å². The average Bonchev–Trinajstić information content (AvgIpc) is 2.73. The molecule has 146 valence electrons. The summed E-state index contributed by atoms with van der Waals surface area (Å²) in [5.41, 5.74) is 2.78. The van der Waals surface area contributed by atoms with Gasteiger partial charge in [-0.1, -0.05) is 25.1 Å². The number of ether oxygens (including phenoxy) is 3. The molecule has 2 aromatic carbocycles. The van der Waals surface area contributed by atoms with Gasteiger partial charge in [-0.3, -0.25) is 4.79 Å². The maximum Gasteiger partial charge on any atom is 0.267 e. The lowest BCUT2D eigenvalue weighted by Crippen LogP contribution is -2.58. The van der Waals surface area contributed by atoms with Crippen molar-refractivity contribution >= 4 is 5.91 Å². The van der Waals surface area contributed by atoms with Crippen LogP contribution in [0.2, 0.25) is 0 Å². The van der Waals surface area contributed by atoms with Crippen molar-refractivity contribution in [2.75, 3.05) is 20.3 Å². The van der Waals surface area contributed by atoms with Crippen LogP contribution in [0.4, 0.5) is 0 Å². The van der Waals surface area contributed by atoms with Gasteiger partial charge in [0.05, 0.1) is 7.11 Å². The molecular formula is C23H25NO4. The third kappa shape index (κ3) is 2.72. The van der Waals surface area contributed by atoms with Crippen molar-refractivity contribution < 1.29 is 19.0 Å². The normalized spacial score (nSPS) is 27.7. The van der Waals surface area contributed by atoms with Crippen LogP contribution in [0.3, 0.4) is 0 Å². The van der Waals surface area contributed by atoms with Gasteiger partial charge >= 0.3 is 0 Å². The molecule has 5 nitrogen and oxygen atoms in total. The molecule has 0 saturated carbocycles. The van der Waals surface area contributed by atoms with E-state index in [0.717, 1.165) is 31.6 Å². The standard InChI is InChI=1S/C23H25NO4/c1-23-9-10-24(16(13-23)11-15-7-8-17(26-2)12-18(15)23)22(25)21-14-27-19-5-3-4-6-20(19)28-21/h3-8,12,16,21H,9-11,13-14H2,1-2H3/t16-,21-,23-/m1/s1. The maximum atomic E-state index is 13.3. The number of rotatable bonds is 2. The van der Waals surface area contributed by atoms with Crippen LogP contribution in [0.5, 0.6) is 17.2 Å². The van der Waals surface area contributed by atoms with E-state index < -0.39 is 6.10 Å². The molecule has 1 amide bonds. The number of fused-ring (bicyclic) bond motifs is 5. The van der Waals surface area contributed by atoms with Gasteiger partial charge in [-0.2, -0.15) is 0 Å². The minimum absolute atomic E-state index is 0.0403. The van der Waals surface area contributed by atoms with E-state index in [1.807, 2.05) is 35.2 Å². The van der Waals surface area contributed by atoms with Crippen molar-refractivity contribution in [3.05, 3.63) is 53.6 Å². The summed E-state index contributed by atoms with van der Waals surface area (Å²) in [5, 5.41) is 0. The summed E-state index contributed by atoms with van der Waals surface area (Å²) in [6.45, 7) is 3.33. The number of benzene rings is 2. The highest BCUT2D eigenvalue weighted by atomic mass is 16.6. The Kier molecular flexibility index (Phi) is 4.00.